The van der Waals surface area contributed by atoms with Crippen molar-refractivity contribution in [1.29, 1.82) is 0 Å². The molecule has 6 heteroatoms. The Bertz CT molecular complexity index is 583. The predicted octanol–water partition coefficient (Wildman–Crippen LogP) is 2.17. The van der Waals surface area contributed by atoms with E-state index in [2.05, 4.69) is 26.0 Å². The molecule has 0 saturated carbocycles. The van der Waals surface area contributed by atoms with Crippen molar-refractivity contribution < 1.29 is 9.84 Å². The van der Waals surface area contributed by atoms with Gasteiger partial charge in [0.1, 0.15) is 6.10 Å². The van der Waals surface area contributed by atoms with Crippen LogP contribution in [0.15, 0.2) is 22.7 Å². The highest BCUT2D eigenvalue weighted by Crippen LogP contribution is 2.25. The molecule has 1 unspecified atom stereocenters. The molecule has 0 fully saturated rings. The number of aliphatic hydroxyl groups excluding tert-OH is 1. The Morgan fingerprint density at radius 3 is 2.79 bits per heavy atom. The second-order valence-corrected chi connectivity index (χ2v) is 5.09. The molecule has 0 bridgehead atoms. The summed E-state index contributed by atoms with van der Waals surface area (Å²) in [6.45, 7) is 1.92. The Kier molecular flexibility index (Phi) is 4.21. The molecule has 0 aliphatic carbocycles. The minimum absolute atomic E-state index is 0.443. The van der Waals surface area contributed by atoms with Crippen LogP contribution >= 0.6 is 15.9 Å². The van der Waals surface area contributed by atoms with Crippen LogP contribution in [-0.4, -0.2) is 27.0 Å². The van der Waals surface area contributed by atoms with Crippen LogP contribution < -0.4 is 4.74 Å². The SMILES string of the molecule is COc1cccc(C(O)Cc2c(Br)c(C)nn2C)n1. The van der Waals surface area contributed by atoms with Gasteiger partial charge in [0, 0.05) is 19.5 Å². The first kappa shape index (κ1) is 14.0. The number of hydrogen-bond donors (Lipinski definition) is 1. The van der Waals surface area contributed by atoms with Gasteiger partial charge in [-0.3, -0.25) is 4.68 Å². The van der Waals surface area contributed by atoms with E-state index in [-0.39, 0.29) is 0 Å². The second kappa shape index (κ2) is 5.71. The smallest absolute Gasteiger partial charge is 0.213 e. The fourth-order valence-electron chi connectivity index (χ4n) is 1.92. The van der Waals surface area contributed by atoms with Gasteiger partial charge in [-0.15, -0.1) is 0 Å². The molecule has 0 aliphatic heterocycles. The fraction of sp³-hybridized carbons (Fsp3) is 0.385. The molecule has 2 heterocycles. The molecule has 1 N–H and O–H groups in total. The Morgan fingerprint density at radius 1 is 1.47 bits per heavy atom. The van der Waals surface area contributed by atoms with Crippen molar-refractivity contribution in [1.82, 2.24) is 14.8 Å². The van der Waals surface area contributed by atoms with Gasteiger partial charge in [-0.25, -0.2) is 4.98 Å². The van der Waals surface area contributed by atoms with E-state index in [9.17, 15) is 5.11 Å². The minimum Gasteiger partial charge on any atom is -0.481 e. The lowest BCUT2D eigenvalue weighted by atomic mass is 10.1. The lowest BCUT2D eigenvalue weighted by Gasteiger charge is -2.11. The number of nitrogens with zero attached hydrogens (tertiary/aromatic N) is 3. The summed E-state index contributed by atoms with van der Waals surface area (Å²) in [6, 6.07) is 5.35. The largest absolute Gasteiger partial charge is 0.481 e. The topological polar surface area (TPSA) is 60.2 Å². The number of hydrogen-bond acceptors (Lipinski definition) is 4. The molecule has 1 atom stereocenters. The highest BCUT2D eigenvalue weighted by Gasteiger charge is 2.17. The number of methoxy groups -OCH3 is 1. The van der Waals surface area contributed by atoms with Crippen molar-refractivity contribution in [3.63, 3.8) is 0 Å². The first-order valence-corrected chi connectivity index (χ1v) is 6.69. The van der Waals surface area contributed by atoms with Gasteiger partial charge in [-0.05, 0) is 28.9 Å². The van der Waals surface area contributed by atoms with Crippen LogP contribution in [0.5, 0.6) is 5.88 Å². The quantitative estimate of drug-likeness (QED) is 0.935. The Balaban J connectivity index is 2.22. The molecule has 0 aliphatic rings. The molecule has 0 saturated heterocycles. The predicted molar refractivity (Wildman–Crippen MR) is 75.1 cm³/mol. The van der Waals surface area contributed by atoms with Gasteiger partial charge in [0.25, 0.3) is 0 Å². The summed E-state index contributed by atoms with van der Waals surface area (Å²) in [5.74, 6) is 0.497. The van der Waals surface area contributed by atoms with Gasteiger partial charge in [0.15, 0.2) is 0 Å². The molecule has 2 aromatic heterocycles. The third kappa shape index (κ3) is 2.96. The zero-order chi connectivity index (χ0) is 14.0. The van der Waals surface area contributed by atoms with Crippen molar-refractivity contribution in [2.75, 3.05) is 7.11 Å². The van der Waals surface area contributed by atoms with Gasteiger partial charge in [-0.2, -0.15) is 5.10 Å². The van der Waals surface area contributed by atoms with E-state index in [1.807, 2.05) is 20.0 Å². The van der Waals surface area contributed by atoms with E-state index >= 15 is 0 Å². The molecule has 19 heavy (non-hydrogen) atoms. The van der Waals surface area contributed by atoms with E-state index in [1.165, 1.54) is 0 Å². The first-order chi connectivity index (χ1) is 9.02. The monoisotopic (exact) mass is 325 g/mol. The van der Waals surface area contributed by atoms with E-state index < -0.39 is 6.10 Å². The van der Waals surface area contributed by atoms with Crippen LogP contribution in [-0.2, 0) is 13.5 Å². The van der Waals surface area contributed by atoms with Crippen LogP contribution in [0.3, 0.4) is 0 Å². The number of pyridine rings is 1. The van der Waals surface area contributed by atoms with Crippen LogP contribution in [0, 0.1) is 6.92 Å². The maximum atomic E-state index is 10.3. The number of halogens is 1. The van der Waals surface area contributed by atoms with Crippen molar-refractivity contribution in [3.8, 4) is 5.88 Å². The standard InChI is InChI=1S/C13H16BrN3O2/c1-8-13(14)10(17(2)16-8)7-11(18)9-5-4-6-12(15-9)19-3/h4-6,11,18H,7H2,1-3H3. The van der Waals surface area contributed by atoms with Crippen LogP contribution in [0.2, 0.25) is 0 Å². The maximum absolute atomic E-state index is 10.3. The molecule has 0 radical (unpaired) electrons. The van der Waals surface area contributed by atoms with Crippen LogP contribution in [0.4, 0.5) is 0 Å². The van der Waals surface area contributed by atoms with Gasteiger partial charge >= 0.3 is 0 Å². The van der Waals surface area contributed by atoms with Crippen molar-refractivity contribution in [2.45, 2.75) is 19.4 Å². The van der Waals surface area contributed by atoms with Gasteiger partial charge in [-0.1, -0.05) is 6.07 Å². The zero-order valence-corrected chi connectivity index (χ0v) is 12.7. The summed E-state index contributed by atoms with van der Waals surface area (Å²) in [5.41, 5.74) is 2.43. The summed E-state index contributed by atoms with van der Waals surface area (Å²) in [6.07, 6.45) is -0.251. The van der Waals surface area contributed by atoms with E-state index in [4.69, 9.17) is 4.74 Å². The molecule has 0 aromatic carbocycles. The van der Waals surface area contributed by atoms with Gasteiger partial charge < -0.3 is 9.84 Å². The van der Waals surface area contributed by atoms with Gasteiger partial charge in [0.2, 0.25) is 5.88 Å². The summed E-state index contributed by atoms with van der Waals surface area (Å²) in [4.78, 5) is 4.24. The highest BCUT2D eigenvalue weighted by atomic mass is 79.9. The summed E-state index contributed by atoms with van der Waals surface area (Å²) < 4.78 is 7.75. The molecule has 2 rings (SSSR count). The average molecular weight is 326 g/mol. The minimum atomic E-state index is -0.693. The van der Waals surface area contributed by atoms with Crippen LogP contribution in [0.1, 0.15) is 23.2 Å². The average Bonchev–Trinajstić information content (AvgIpc) is 2.65. The number of aryl methyl sites for hydroxylation is 2. The Labute approximate surface area is 120 Å². The van der Waals surface area contributed by atoms with Crippen molar-refractivity contribution in [3.05, 3.63) is 39.8 Å². The molecule has 0 spiro atoms. The number of ether oxygens (including phenoxy) is 1. The summed E-state index contributed by atoms with van der Waals surface area (Å²) in [5, 5.41) is 14.6. The molecular weight excluding hydrogens is 310 g/mol. The van der Waals surface area contributed by atoms with Gasteiger partial charge in [0.05, 0.1) is 28.7 Å². The van der Waals surface area contributed by atoms with Crippen LogP contribution in [0.25, 0.3) is 0 Å². The number of aliphatic hydroxyl groups is 1. The highest BCUT2D eigenvalue weighted by molar-refractivity contribution is 9.10. The number of aromatic nitrogens is 3. The summed E-state index contributed by atoms with van der Waals surface area (Å²) in [7, 11) is 3.42. The maximum Gasteiger partial charge on any atom is 0.213 e. The Hall–Kier alpha value is -1.40. The van der Waals surface area contributed by atoms with E-state index in [1.54, 1.807) is 23.9 Å². The lowest BCUT2D eigenvalue weighted by molar-refractivity contribution is 0.169. The molecular formula is C13H16BrN3O2. The van der Waals surface area contributed by atoms with E-state index in [0.29, 0.717) is 18.0 Å². The fourth-order valence-corrected chi connectivity index (χ4v) is 2.42. The van der Waals surface area contributed by atoms with Crippen molar-refractivity contribution in [2.24, 2.45) is 7.05 Å². The third-order valence-corrected chi connectivity index (χ3v) is 3.98. The number of rotatable bonds is 4. The Morgan fingerprint density at radius 2 is 2.21 bits per heavy atom. The molecule has 102 valence electrons. The van der Waals surface area contributed by atoms with E-state index in [0.717, 1.165) is 15.9 Å². The zero-order valence-electron chi connectivity index (χ0n) is 11.1. The van der Waals surface area contributed by atoms with Crippen molar-refractivity contribution >= 4 is 15.9 Å². The lowest BCUT2D eigenvalue weighted by Crippen LogP contribution is -2.08. The molecule has 5 nitrogen and oxygen atoms in total. The second-order valence-electron chi connectivity index (χ2n) is 4.29. The third-order valence-electron chi connectivity index (χ3n) is 2.94. The molecule has 0 amide bonds. The molecule has 2 aromatic rings. The summed E-state index contributed by atoms with van der Waals surface area (Å²) >= 11 is 3.49. The normalized spacial score (nSPS) is 12.5. The first-order valence-electron chi connectivity index (χ1n) is 5.90.